The molecule has 90 valence electrons. The Morgan fingerprint density at radius 2 is 0.533 bits per heavy atom. The Morgan fingerprint density at radius 3 is 0.600 bits per heavy atom. The summed E-state index contributed by atoms with van der Waals surface area (Å²) in [5, 5.41) is 12.9. The molecular formula is C11H26N4. The highest BCUT2D eigenvalue weighted by Gasteiger charge is 1.95. The van der Waals surface area contributed by atoms with Gasteiger partial charge < -0.3 is 21.3 Å². The van der Waals surface area contributed by atoms with Crippen LogP contribution in [0.4, 0.5) is 0 Å². The van der Waals surface area contributed by atoms with E-state index in [1.807, 2.05) is 0 Å². The molecule has 2 saturated heterocycles. The van der Waals surface area contributed by atoms with Crippen LogP contribution in [-0.2, 0) is 0 Å². The number of hydrogen-bond donors (Lipinski definition) is 4. The van der Waals surface area contributed by atoms with Crippen LogP contribution in [0.3, 0.4) is 0 Å². The van der Waals surface area contributed by atoms with E-state index in [2.05, 4.69) is 21.3 Å². The lowest BCUT2D eigenvalue weighted by Gasteiger charge is -2.11. The van der Waals surface area contributed by atoms with Crippen molar-refractivity contribution in [3.63, 3.8) is 0 Å². The largest absolute Gasteiger partial charge is 0.314 e. The first-order chi connectivity index (χ1) is 7.50. The fourth-order valence-electron chi connectivity index (χ4n) is 1.21. The third-order valence-corrected chi connectivity index (χ3v) is 2.27. The summed E-state index contributed by atoms with van der Waals surface area (Å²) in [5.41, 5.74) is 0. The number of rotatable bonds is 0. The molecule has 4 N–H and O–H groups in total. The van der Waals surface area contributed by atoms with Gasteiger partial charge in [-0.25, -0.2) is 0 Å². The molecule has 0 bridgehead atoms. The van der Waals surface area contributed by atoms with E-state index in [0.29, 0.717) is 0 Å². The molecule has 3 rings (SSSR count). The summed E-state index contributed by atoms with van der Waals surface area (Å²) in [5.74, 6) is 0. The first kappa shape index (κ1) is 12.9. The van der Waals surface area contributed by atoms with Gasteiger partial charge in [0.15, 0.2) is 0 Å². The number of piperazine rings is 2. The van der Waals surface area contributed by atoms with Crippen molar-refractivity contribution in [2.75, 3.05) is 52.4 Å². The molecule has 2 aliphatic heterocycles. The third kappa shape index (κ3) is 11.8. The molecule has 1 saturated carbocycles. The van der Waals surface area contributed by atoms with Crippen LogP contribution < -0.4 is 21.3 Å². The minimum atomic E-state index is 1.14. The molecule has 0 spiro atoms. The van der Waals surface area contributed by atoms with Gasteiger partial charge in [0.25, 0.3) is 0 Å². The van der Waals surface area contributed by atoms with E-state index in [1.54, 1.807) is 0 Å². The molecule has 4 nitrogen and oxygen atoms in total. The summed E-state index contributed by atoms with van der Waals surface area (Å²) >= 11 is 0. The van der Waals surface area contributed by atoms with Crippen LogP contribution in [0.5, 0.6) is 0 Å². The topological polar surface area (TPSA) is 48.1 Å². The zero-order valence-corrected chi connectivity index (χ0v) is 9.78. The van der Waals surface area contributed by atoms with Gasteiger partial charge in [-0.05, 0) is 0 Å². The molecule has 2 heterocycles. The third-order valence-electron chi connectivity index (χ3n) is 2.27. The minimum Gasteiger partial charge on any atom is -0.314 e. The first-order valence-corrected chi connectivity index (χ1v) is 6.33. The molecule has 4 heteroatoms. The van der Waals surface area contributed by atoms with Crippen molar-refractivity contribution < 1.29 is 0 Å². The van der Waals surface area contributed by atoms with Crippen LogP contribution in [0.25, 0.3) is 0 Å². The van der Waals surface area contributed by atoms with Gasteiger partial charge >= 0.3 is 0 Å². The number of hydrogen-bond acceptors (Lipinski definition) is 4. The molecular weight excluding hydrogens is 188 g/mol. The Kier molecular flexibility index (Phi) is 8.92. The zero-order chi connectivity index (χ0) is 10.6. The average molecular weight is 214 g/mol. The highest BCUT2D eigenvalue weighted by Crippen LogP contribution is 2.14. The smallest absolute Gasteiger partial charge is 0.00772 e. The number of nitrogens with one attached hydrogen (secondary N) is 4. The lowest BCUT2D eigenvalue weighted by Crippen LogP contribution is -2.39. The Bertz CT molecular complexity index is 82.0. The molecule has 3 fully saturated rings. The van der Waals surface area contributed by atoms with E-state index < -0.39 is 0 Å². The standard InChI is InChI=1S/2C4H10N2.C3H6/c2*1-2-6-4-3-5-1;1-2-3-1/h2*5-6H,1-4H2;1-3H2. The summed E-state index contributed by atoms with van der Waals surface area (Å²) in [6.07, 6.45) is 4.50. The van der Waals surface area contributed by atoms with Gasteiger partial charge in [-0.3, -0.25) is 0 Å². The highest BCUT2D eigenvalue weighted by atomic mass is 15.0. The van der Waals surface area contributed by atoms with Gasteiger partial charge in [0.1, 0.15) is 0 Å². The van der Waals surface area contributed by atoms with E-state index >= 15 is 0 Å². The second-order valence-corrected chi connectivity index (χ2v) is 4.06. The van der Waals surface area contributed by atoms with Crippen LogP contribution in [0, 0.1) is 0 Å². The van der Waals surface area contributed by atoms with Gasteiger partial charge in [0.05, 0.1) is 0 Å². The van der Waals surface area contributed by atoms with Crippen molar-refractivity contribution in [2.24, 2.45) is 0 Å². The van der Waals surface area contributed by atoms with Gasteiger partial charge in [0.2, 0.25) is 0 Å². The lowest BCUT2D eigenvalue weighted by atomic mass is 10.4. The van der Waals surface area contributed by atoms with Crippen molar-refractivity contribution in [3.05, 3.63) is 0 Å². The summed E-state index contributed by atoms with van der Waals surface area (Å²) in [6.45, 7) is 9.11. The van der Waals surface area contributed by atoms with E-state index in [1.165, 1.54) is 19.3 Å². The molecule has 0 aromatic rings. The van der Waals surface area contributed by atoms with Crippen LogP contribution in [-0.4, -0.2) is 52.4 Å². The predicted molar refractivity (Wildman–Crippen MR) is 65.3 cm³/mol. The summed E-state index contributed by atoms with van der Waals surface area (Å²) in [6, 6.07) is 0. The highest BCUT2D eigenvalue weighted by molar-refractivity contribution is 4.59. The van der Waals surface area contributed by atoms with Gasteiger partial charge in [-0.15, -0.1) is 0 Å². The quantitative estimate of drug-likeness (QED) is 0.440. The Morgan fingerprint density at radius 1 is 0.333 bits per heavy atom. The summed E-state index contributed by atoms with van der Waals surface area (Å²) in [7, 11) is 0. The Hall–Kier alpha value is -0.160. The SMILES string of the molecule is C1CC1.C1CNCCN1.C1CNCCN1. The monoisotopic (exact) mass is 214 g/mol. The molecule has 15 heavy (non-hydrogen) atoms. The maximum Gasteiger partial charge on any atom is 0.00772 e. The average Bonchev–Trinajstić information content (AvgIpc) is 3.22. The van der Waals surface area contributed by atoms with Crippen LogP contribution in [0.1, 0.15) is 19.3 Å². The van der Waals surface area contributed by atoms with Gasteiger partial charge in [0, 0.05) is 52.4 Å². The first-order valence-electron chi connectivity index (χ1n) is 6.33. The van der Waals surface area contributed by atoms with E-state index in [4.69, 9.17) is 0 Å². The van der Waals surface area contributed by atoms with Crippen LogP contribution >= 0.6 is 0 Å². The summed E-state index contributed by atoms with van der Waals surface area (Å²) < 4.78 is 0. The second-order valence-electron chi connectivity index (χ2n) is 4.06. The zero-order valence-electron chi connectivity index (χ0n) is 9.78. The van der Waals surface area contributed by atoms with Crippen molar-refractivity contribution in [3.8, 4) is 0 Å². The Balaban J connectivity index is 0.000000119. The Labute approximate surface area is 93.6 Å². The van der Waals surface area contributed by atoms with Crippen molar-refractivity contribution in [1.29, 1.82) is 0 Å². The molecule has 0 aromatic heterocycles. The van der Waals surface area contributed by atoms with Crippen molar-refractivity contribution in [2.45, 2.75) is 19.3 Å². The molecule has 0 radical (unpaired) electrons. The van der Waals surface area contributed by atoms with Crippen molar-refractivity contribution in [1.82, 2.24) is 21.3 Å². The maximum absolute atomic E-state index is 3.22. The predicted octanol–water partition coefficient (Wildman–Crippen LogP) is -0.471. The molecule has 0 amide bonds. The summed E-state index contributed by atoms with van der Waals surface area (Å²) in [4.78, 5) is 0. The van der Waals surface area contributed by atoms with Gasteiger partial charge in [-0.1, -0.05) is 19.3 Å². The minimum absolute atomic E-state index is 1.14. The maximum atomic E-state index is 3.22. The fourth-order valence-corrected chi connectivity index (χ4v) is 1.21. The van der Waals surface area contributed by atoms with Crippen LogP contribution in [0.2, 0.25) is 0 Å². The molecule has 0 aromatic carbocycles. The molecule has 1 aliphatic carbocycles. The van der Waals surface area contributed by atoms with E-state index in [-0.39, 0.29) is 0 Å². The normalized spacial score (nSPS) is 24.0. The second kappa shape index (κ2) is 10.4. The van der Waals surface area contributed by atoms with E-state index in [0.717, 1.165) is 52.4 Å². The van der Waals surface area contributed by atoms with Gasteiger partial charge in [-0.2, -0.15) is 0 Å². The lowest BCUT2D eigenvalue weighted by molar-refractivity contribution is 0.534. The molecule has 0 unspecified atom stereocenters. The molecule has 0 atom stereocenters. The fraction of sp³-hybridized carbons (Fsp3) is 1.00. The van der Waals surface area contributed by atoms with Crippen molar-refractivity contribution >= 4 is 0 Å². The van der Waals surface area contributed by atoms with E-state index in [9.17, 15) is 0 Å². The molecule has 3 aliphatic rings. The van der Waals surface area contributed by atoms with Crippen LogP contribution in [0.15, 0.2) is 0 Å².